The van der Waals surface area contributed by atoms with Crippen molar-refractivity contribution in [2.24, 2.45) is 0 Å². The van der Waals surface area contributed by atoms with E-state index in [1.54, 1.807) is 18.3 Å². The van der Waals surface area contributed by atoms with Crippen LogP contribution >= 0.6 is 11.6 Å². The number of aryl methyl sites for hydroxylation is 2. The largest absolute Gasteiger partial charge is 0.353 e. The van der Waals surface area contributed by atoms with Crippen molar-refractivity contribution >= 4 is 39.0 Å². The highest BCUT2D eigenvalue weighted by Crippen LogP contribution is 2.30. The van der Waals surface area contributed by atoms with Crippen molar-refractivity contribution in [3.63, 3.8) is 0 Å². The predicted octanol–water partition coefficient (Wildman–Crippen LogP) is 3.31. The molecule has 2 rings (SSSR count). The van der Waals surface area contributed by atoms with Crippen molar-refractivity contribution in [1.29, 1.82) is 0 Å². The summed E-state index contributed by atoms with van der Waals surface area (Å²) >= 11 is 6.26. The molecule has 0 aliphatic carbocycles. The van der Waals surface area contributed by atoms with E-state index in [1.165, 1.54) is 14.1 Å². The number of hydrogen-bond donors (Lipinski definition) is 2. The Bertz CT molecular complexity index is 782. The topological polar surface area (TPSA) is 74.3 Å². The second-order valence-electron chi connectivity index (χ2n) is 5.39. The van der Waals surface area contributed by atoms with Crippen molar-refractivity contribution in [3.05, 3.63) is 46.6 Å². The number of halogens is 1. The van der Waals surface area contributed by atoms with Gasteiger partial charge in [-0.2, -0.15) is 12.7 Å². The van der Waals surface area contributed by atoms with Gasteiger partial charge in [0.2, 0.25) is 0 Å². The average Bonchev–Trinajstić information content (AvgIpc) is 2.44. The fourth-order valence-corrected chi connectivity index (χ4v) is 2.91. The first-order valence-electron chi connectivity index (χ1n) is 6.89. The van der Waals surface area contributed by atoms with Gasteiger partial charge in [0.25, 0.3) is 0 Å². The van der Waals surface area contributed by atoms with Gasteiger partial charge in [-0.15, -0.1) is 0 Å². The number of rotatable bonds is 5. The summed E-state index contributed by atoms with van der Waals surface area (Å²) in [6.07, 6.45) is 1.54. The molecule has 0 saturated carbocycles. The third-order valence-electron chi connectivity index (χ3n) is 3.18. The molecular formula is C15H19ClN4O2S. The highest BCUT2D eigenvalue weighted by Gasteiger charge is 2.13. The van der Waals surface area contributed by atoms with Crippen LogP contribution < -0.4 is 10.0 Å². The lowest BCUT2D eigenvalue weighted by Gasteiger charge is -2.14. The number of nitrogens with zero attached hydrogens (tertiary/aromatic N) is 2. The maximum Gasteiger partial charge on any atom is 0.302 e. The lowest BCUT2D eigenvalue weighted by Crippen LogP contribution is -2.29. The van der Waals surface area contributed by atoms with Crippen LogP contribution in [0.4, 0.5) is 17.2 Å². The first-order chi connectivity index (χ1) is 10.7. The Kier molecular flexibility index (Phi) is 5.13. The minimum Gasteiger partial charge on any atom is -0.353 e. The SMILES string of the molecule is Cc1cc(C)c(Nc2ccc(NS(=O)(=O)N(C)C)nc2)c(Cl)c1. The van der Waals surface area contributed by atoms with Gasteiger partial charge in [0.05, 0.1) is 22.6 Å². The molecule has 2 N–H and O–H groups in total. The molecule has 1 aromatic heterocycles. The molecule has 0 atom stereocenters. The molecule has 0 aliphatic heterocycles. The summed E-state index contributed by atoms with van der Waals surface area (Å²) in [7, 11) is -0.672. The second kappa shape index (κ2) is 6.74. The van der Waals surface area contributed by atoms with Crippen molar-refractivity contribution in [2.75, 3.05) is 24.1 Å². The summed E-state index contributed by atoms with van der Waals surface area (Å²) in [5.74, 6) is 0.246. The van der Waals surface area contributed by atoms with Gasteiger partial charge in [0, 0.05) is 14.1 Å². The summed E-state index contributed by atoms with van der Waals surface area (Å²) in [5, 5.41) is 3.82. The fraction of sp³-hybridized carbons (Fsp3) is 0.267. The number of aromatic nitrogens is 1. The van der Waals surface area contributed by atoms with Crippen LogP contribution in [0.15, 0.2) is 30.5 Å². The van der Waals surface area contributed by atoms with Crippen LogP contribution in [-0.2, 0) is 10.2 Å². The predicted molar refractivity (Wildman–Crippen MR) is 94.7 cm³/mol. The molecule has 0 bridgehead atoms. The van der Waals surface area contributed by atoms with Crippen LogP contribution in [0.3, 0.4) is 0 Å². The Morgan fingerprint density at radius 1 is 1.17 bits per heavy atom. The number of hydrogen-bond acceptors (Lipinski definition) is 4. The summed E-state index contributed by atoms with van der Waals surface area (Å²) < 4.78 is 26.9. The van der Waals surface area contributed by atoms with Gasteiger partial charge >= 0.3 is 10.2 Å². The summed E-state index contributed by atoms with van der Waals surface area (Å²) in [4.78, 5) is 4.10. The summed E-state index contributed by atoms with van der Waals surface area (Å²) in [5.41, 5.74) is 3.63. The maximum absolute atomic E-state index is 11.7. The second-order valence-corrected chi connectivity index (χ2v) is 7.68. The van der Waals surface area contributed by atoms with Gasteiger partial charge in [-0.05, 0) is 43.2 Å². The molecule has 0 radical (unpaired) electrons. The first-order valence-corrected chi connectivity index (χ1v) is 8.71. The minimum atomic E-state index is -3.56. The normalized spacial score (nSPS) is 11.6. The van der Waals surface area contributed by atoms with Crippen LogP contribution in [0.25, 0.3) is 0 Å². The number of pyridine rings is 1. The molecule has 0 saturated heterocycles. The average molecular weight is 355 g/mol. The van der Waals surface area contributed by atoms with Crippen LogP contribution in [0.5, 0.6) is 0 Å². The number of benzene rings is 1. The Morgan fingerprint density at radius 3 is 2.39 bits per heavy atom. The quantitative estimate of drug-likeness (QED) is 0.863. The molecule has 0 spiro atoms. The van der Waals surface area contributed by atoms with E-state index in [4.69, 9.17) is 11.6 Å². The standard InChI is InChI=1S/C15H19ClN4O2S/c1-10-7-11(2)15(13(16)8-10)18-12-5-6-14(17-9-12)19-23(21,22)20(3)4/h5-9,18H,1-4H3,(H,17,19). The summed E-state index contributed by atoms with van der Waals surface area (Å²) in [6, 6.07) is 7.22. The first kappa shape index (κ1) is 17.5. The van der Waals surface area contributed by atoms with Gasteiger partial charge in [0.15, 0.2) is 0 Å². The van der Waals surface area contributed by atoms with E-state index in [1.807, 2.05) is 26.0 Å². The molecule has 0 unspecified atom stereocenters. The lowest BCUT2D eigenvalue weighted by molar-refractivity contribution is 0.526. The highest BCUT2D eigenvalue weighted by molar-refractivity contribution is 7.90. The monoisotopic (exact) mass is 354 g/mol. The number of nitrogens with one attached hydrogen (secondary N) is 2. The van der Waals surface area contributed by atoms with Crippen molar-refractivity contribution in [2.45, 2.75) is 13.8 Å². The zero-order valence-corrected chi connectivity index (χ0v) is 15.0. The van der Waals surface area contributed by atoms with Gasteiger partial charge in [-0.25, -0.2) is 4.98 Å². The van der Waals surface area contributed by atoms with E-state index in [9.17, 15) is 8.42 Å². The molecule has 2 aromatic rings. The van der Waals surface area contributed by atoms with E-state index < -0.39 is 10.2 Å². The molecule has 1 aromatic carbocycles. The van der Waals surface area contributed by atoms with Crippen LogP contribution in [-0.4, -0.2) is 31.8 Å². The third kappa shape index (κ3) is 4.34. The molecule has 8 heteroatoms. The van der Waals surface area contributed by atoms with Gasteiger partial charge < -0.3 is 5.32 Å². The van der Waals surface area contributed by atoms with E-state index in [0.29, 0.717) is 10.7 Å². The molecule has 1 heterocycles. The van der Waals surface area contributed by atoms with Gasteiger partial charge in [-0.1, -0.05) is 17.7 Å². The van der Waals surface area contributed by atoms with Gasteiger partial charge in [0.1, 0.15) is 5.82 Å². The molecule has 0 fully saturated rings. The molecule has 0 aliphatic rings. The fourth-order valence-electron chi connectivity index (χ4n) is 1.97. The Hall–Kier alpha value is -1.83. The minimum absolute atomic E-state index is 0.246. The van der Waals surface area contributed by atoms with Crippen molar-refractivity contribution in [1.82, 2.24) is 9.29 Å². The third-order valence-corrected chi connectivity index (χ3v) is 4.91. The molecule has 124 valence electrons. The zero-order valence-electron chi connectivity index (χ0n) is 13.4. The lowest BCUT2D eigenvalue weighted by atomic mass is 10.1. The van der Waals surface area contributed by atoms with Crippen molar-refractivity contribution < 1.29 is 8.42 Å². The van der Waals surface area contributed by atoms with E-state index >= 15 is 0 Å². The van der Waals surface area contributed by atoms with E-state index in [2.05, 4.69) is 15.0 Å². The summed E-state index contributed by atoms with van der Waals surface area (Å²) in [6.45, 7) is 3.95. The Labute approximate surface area is 141 Å². The Morgan fingerprint density at radius 2 is 1.87 bits per heavy atom. The molecular weight excluding hydrogens is 336 g/mol. The Balaban J connectivity index is 2.18. The van der Waals surface area contributed by atoms with E-state index in [-0.39, 0.29) is 5.82 Å². The zero-order chi connectivity index (χ0) is 17.2. The van der Waals surface area contributed by atoms with Crippen LogP contribution in [0.2, 0.25) is 5.02 Å². The van der Waals surface area contributed by atoms with Crippen molar-refractivity contribution in [3.8, 4) is 0 Å². The molecule has 0 amide bonds. The molecule has 23 heavy (non-hydrogen) atoms. The maximum atomic E-state index is 11.7. The molecule has 6 nitrogen and oxygen atoms in total. The smallest absolute Gasteiger partial charge is 0.302 e. The van der Waals surface area contributed by atoms with E-state index in [0.717, 1.165) is 21.1 Å². The van der Waals surface area contributed by atoms with Gasteiger partial charge in [-0.3, -0.25) is 4.72 Å². The van der Waals surface area contributed by atoms with Crippen LogP contribution in [0.1, 0.15) is 11.1 Å². The number of anilines is 3. The highest BCUT2D eigenvalue weighted by atomic mass is 35.5. The van der Waals surface area contributed by atoms with Crippen LogP contribution in [0, 0.1) is 13.8 Å².